The van der Waals surface area contributed by atoms with Crippen molar-refractivity contribution in [1.82, 2.24) is 0 Å². The molecular weight excluding hydrogens is 256 g/mol. The molecule has 1 fully saturated rings. The van der Waals surface area contributed by atoms with Crippen molar-refractivity contribution in [2.45, 2.75) is 36.7 Å². The van der Waals surface area contributed by atoms with Crippen molar-refractivity contribution in [2.24, 2.45) is 0 Å². The van der Waals surface area contributed by atoms with E-state index in [0.717, 1.165) is 23.5 Å². The lowest BCUT2D eigenvalue weighted by molar-refractivity contribution is -0.0103. The standard InChI is InChI=1S/C13H15ClO2S/c1-8-13(4-5-17-8)7-11(15)10-6-9(14)2-3-12(10)16-13/h2-3,6,8,11,15H,4-5,7H2,1H3. The van der Waals surface area contributed by atoms with Gasteiger partial charge in [0.05, 0.1) is 6.10 Å². The fourth-order valence-electron chi connectivity index (χ4n) is 2.74. The van der Waals surface area contributed by atoms with Crippen LogP contribution >= 0.6 is 23.4 Å². The van der Waals surface area contributed by atoms with Gasteiger partial charge in [-0.05, 0) is 37.3 Å². The molecule has 0 bridgehead atoms. The van der Waals surface area contributed by atoms with Crippen LogP contribution in [0.1, 0.15) is 31.4 Å². The number of ether oxygens (including phenoxy) is 1. The van der Waals surface area contributed by atoms with Crippen LogP contribution in [0.5, 0.6) is 5.75 Å². The smallest absolute Gasteiger partial charge is 0.126 e. The Morgan fingerprint density at radius 2 is 2.35 bits per heavy atom. The van der Waals surface area contributed by atoms with Crippen LogP contribution < -0.4 is 4.74 Å². The molecule has 1 saturated heterocycles. The van der Waals surface area contributed by atoms with Crippen molar-refractivity contribution in [2.75, 3.05) is 5.75 Å². The molecule has 1 aromatic rings. The fourth-order valence-corrected chi connectivity index (χ4v) is 4.30. The van der Waals surface area contributed by atoms with E-state index in [4.69, 9.17) is 16.3 Å². The zero-order chi connectivity index (χ0) is 12.0. The zero-order valence-corrected chi connectivity index (χ0v) is 11.2. The van der Waals surface area contributed by atoms with Crippen molar-refractivity contribution in [3.63, 3.8) is 0 Å². The highest BCUT2D eigenvalue weighted by molar-refractivity contribution is 8.00. The molecule has 2 aliphatic rings. The summed E-state index contributed by atoms with van der Waals surface area (Å²) in [5.74, 6) is 1.90. The number of benzene rings is 1. The van der Waals surface area contributed by atoms with Crippen LogP contribution in [0.2, 0.25) is 5.02 Å². The molecule has 3 atom stereocenters. The van der Waals surface area contributed by atoms with E-state index >= 15 is 0 Å². The first-order valence-corrected chi connectivity index (χ1v) is 7.31. The monoisotopic (exact) mass is 270 g/mol. The van der Waals surface area contributed by atoms with Gasteiger partial charge >= 0.3 is 0 Å². The van der Waals surface area contributed by atoms with E-state index in [1.165, 1.54) is 0 Å². The SMILES string of the molecule is CC1SCCC12CC(O)c1cc(Cl)ccc1O2. The molecule has 92 valence electrons. The summed E-state index contributed by atoms with van der Waals surface area (Å²) in [4.78, 5) is 0. The van der Waals surface area contributed by atoms with E-state index < -0.39 is 6.10 Å². The Labute approximate surface area is 110 Å². The highest BCUT2D eigenvalue weighted by Crippen LogP contribution is 2.49. The Morgan fingerprint density at radius 1 is 1.53 bits per heavy atom. The normalized spacial score (nSPS) is 35.7. The average Bonchev–Trinajstić information content (AvgIpc) is 2.62. The molecule has 4 heteroatoms. The van der Waals surface area contributed by atoms with E-state index in [1.54, 1.807) is 6.07 Å². The van der Waals surface area contributed by atoms with E-state index in [0.29, 0.717) is 16.7 Å². The molecule has 0 amide bonds. The van der Waals surface area contributed by atoms with Gasteiger partial charge in [0, 0.05) is 22.3 Å². The fraction of sp³-hybridized carbons (Fsp3) is 0.538. The summed E-state index contributed by atoms with van der Waals surface area (Å²) in [7, 11) is 0. The molecule has 1 aromatic carbocycles. The van der Waals surface area contributed by atoms with E-state index in [1.807, 2.05) is 23.9 Å². The maximum absolute atomic E-state index is 10.3. The predicted octanol–water partition coefficient (Wildman–Crippen LogP) is 3.42. The number of aliphatic hydroxyl groups is 1. The molecule has 1 spiro atoms. The van der Waals surface area contributed by atoms with Gasteiger partial charge in [-0.25, -0.2) is 0 Å². The lowest BCUT2D eigenvalue weighted by Gasteiger charge is -2.40. The number of hydrogen-bond acceptors (Lipinski definition) is 3. The van der Waals surface area contributed by atoms with E-state index in [2.05, 4.69) is 6.92 Å². The Kier molecular flexibility index (Phi) is 2.80. The lowest BCUT2D eigenvalue weighted by Crippen LogP contribution is -2.45. The Bertz CT molecular complexity index is 451. The van der Waals surface area contributed by atoms with E-state index in [-0.39, 0.29) is 5.60 Å². The number of halogens is 1. The summed E-state index contributed by atoms with van der Waals surface area (Å²) >= 11 is 7.87. The van der Waals surface area contributed by atoms with Crippen molar-refractivity contribution in [1.29, 1.82) is 0 Å². The number of thioether (sulfide) groups is 1. The van der Waals surface area contributed by atoms with Crippen LogP contribution in [0.4, 0.5) is 0 Å². The van der Waals surface area contributed by atoms with Gasteiger partial charge in [-0.15, -0.1) is 0 Å². The van der Waals surface area contributed by atoms with Gasteiger partial charge in [0.2, 0.25) is 0 Å². The van der Waals surface area contributed by atoms with Crippen molar-refractivity contribution in [3.8, 4) is 5.75 Å². The number of fused-ring (bicyclic) bond motifs is 1. The van der Waals surface area contributed by atoms with Gasteiger partial charge in [-0.2, -0.15) is 11.8 Å². The summed E-state index contributed by atoms with van der Waals surface area (Å²) in [6, 6.07) is 5.50. The molecule has 0 radical (unpaired) electrons. The molecule has 2 aliphatic heterocycles. The number of hydrogen-bond donors (Lipinski definition) is 1. The highest BCUT2D eigenvalue weighted by atomic mass is 35.5. The first-order valence-electron chi connectivity index (χ1n) is 5.89. The predicted molar refractivity (Wildman–Crippen MR) is 70.9 cm³/mol. The molecule has 3 unspecified atom stereocenters. The van der Waals surface area contributed by atoms with Crippen LogP contribution in [0.15, 0.2) is 18.2 Å². The lowest BCUT2D eigenvalue weighted by atomic mass is 9.85. The molecule has 1 N–H and O–H groups in total. The van der Waals surface area contributed by atoms with Crippen LogP contribution in [-0.2, 0) is 0 Å². The van der Waals surface area contributed by atoms with Gasteiger partial charge in [0.15, 0.2) is 0 Å². The molecule has 0 aromatic heterocycles. The highest BCUT2D eigenvalue weighted by Gasteiger charge is 2.48. The second-order valence-electron chi connectivity index (χ2n) is 4.83. The molecule has 0 aliphatic carbocycles. The van der Waals surface area contributed by atoms with Gasteiger partial charge < -0.3 is 9.84 Å². The Morgan fingerprint density at radius 3 is 3.06 bits per heavy atom. The zero-order valence-electron chi connectivity index (χ0n) is 9.65. The van der Waals surface area contributed by atoms with Crippen LogP contribution in [-0.4, -0.2) is 21.7 Å². The summed E-state index contributed by atoms with van der Waals surface area (Å²) in [5.41, 5.74) is 0.637. The minimum Gasteiger partial charge on any atom is -0.486 e. The molecular formula is C13H15ClO2S. The summed E-state index contributed by atoms with van der Waals surface area (Å²) in [6.45, 7) is 2.19. The first-order chi connectivity index (χ1) is 8.11. The largest absolute Gasteiger partial charge is 0.486 e. The maximum atomic E-state index is 10.3. The first kappa shape index (κ1) is 11.7. The third-order valence-corrected chi connectivity index (χ3v) is 5.42. The molecule has 3 rings (SSSR count). The summed E-state index contributed by atoms with van der Waals surface area (Å²) < 4.78 is 6.18. The van der Waals surface area contributed by atoms with Crippen molar-refractivity contribution < 1.29 is 9.84 Å². The second kappa shape index (κ2) is 4.08. The Balaban J connectivity index is 2.01. The van der Waals surface area contributed by atoms with E-state index in [9.17, 15) is 5.11 Å². The van der Waals surface area contributed by atoms with Gasteiger partial charge in [-0.3, -0.25) is 0 Å². The Hall–Kier alpha value is -0.380. The van der Waals surface area contributed by atoms with Crippen molar-refractivity contribution in [3.05, 3.63) is 28.8 Å². The number of rotatable bonds is 0. The van der Waals surface area contributed by atoms with Crippen molar-refractivity contribution >= 4 is 23.4 Å². The molecule has 2 heterocycles. The summed E-state index contributed by atoms with van der Waals surface area (Å²) in [5, 5.41) is 11.4. The minimum absolute atomic E-state index is 0.190. The molecule has 2 nitrogen and oxygen atoms in total. The van der Waals surface area contributed by atoms with Gasteiger partial charge in [-0.1, -0.05) is 11.6 Å². The third kappa shape index (κ3) is 1.85. The van der Waals surface area contributed by atoms with Crippen LogP contribution in [0, 0.1) is 0 Å². The quantitative estimate of drug-likeness (QED) is 0.783. The summed E-state index contributed by atoms with van der Waals surface area (Å²) in [6.07, 6.45) is 1.23. The van der Waals surface area contributed by atoms with Crippen LogP contribution in [0.25, 0.3) is 0 Å². The maximum Gasteiger partial charge on any atom is 0.126 e. The molecule has 17 heavy (non-hydrogen) atoms. The third-order valence-electron chi connectivity index (χ3n) is 3.82. The van der Waals surface area contributed by atoms with Gasteiger partial charge in [0.1, 0.15) is 11.4 Å². The average molecular weight is 271 g/mol. The minimum atomic E-state index is -0.460. The van der Waals surface area contributed by atoms with Gasteiger partial charge in [0.25, 0.3) is 0 Å². The topological polar surface area (TPSA) is 29.5 Å². The second-order valence-corrected chi connectivity index (χ2v) is 6.72. The molecule has 0 saturated carbocycles. The number of aliphatic hydroxyl groups excluding tert-OH is 1. The van der Waals surface area contributed by atoms with Crippen LogP contribution in [0.3, 0.4) is 0 Å².